The first-order valence-corrected chi connectivity index (χ1v) is 13.7. The minimum atomic E-state index is -0.243. The molecule has 190 valence electrons. The number of rotatable bonds is 8. The number of halogens is 1. The van der Waals surface area contributed by atoms with Crippen LogP contribution in [0.15, 0.2) is 91.0 Å². The van der Waals surface area contributed by atoms with Gasteiger partial charge in [0.05, 0.1) is 6.04 Å². The number of piperazine rings is 1. The van der Waals surface area contributed by atoms with Crippen molar-refractivity contribution in [1.29, 1.82) is 0 Å². The molecule has 0 saturated carbocycles. The van der Waals surface area contributed by atoms with Gasteiger partial charge in [0.15, 0.2) is 0 Å². The lowest BCUT2D eigenvalue weighted by Gasteiger charge is -2.39. The highest BCUT2D eigenvalue weighted by molar-refractivity contribution is 7.16. The molecule has 1 N–H and O–H groups in total. The number of anilines is 1. The zero-order valence-electron chi connectivity index (χ0n) is 21.1. The Bertz CT molecular complexity index is 1300. The lowest BCUT2D eigenvalue weighted by molar-refractivity contribution is 0.102. The quantitative estimate of drug-likeness (QED) is 0.288. The van der Waals surface area contributed by atoms with Crippen molar-refractivity contribution in [2.75, 3.05) is 31.5 Å². The Hall–Kier alpha value is -3.32. The van der Waals surface area contributed by atoms with Gasteiger partial charge in [0.2, 0.25) is 0 Å². The Balaban J connectivity index is 1.42. The van der Waals surface area contributed by atoms with Crippen molar-refractivity contribution >= 4 is 22.2 Å². The molecule has 5 rings (SSSR count). The Kier molecular flexibility index (Phi) is 8.09. The summed E-state index contributed by atoms with van der Waals surface area (Å²) in [6.07, 6.45) is 0.889. The van der Waals surface area contributed by atoms with Gasteiger partial charge in [-0.3, -0.25) is 14.6 Å². The smallest absolute Gasteiger partial charge is 0.256 e. The van der Waals surface area contributed by atoms with E-state index in [1.807, 2.05) is 48.5 Å². The van der Waals surface area contributed by atoms with E-state index < -0.39 is 0 Å². The van der Waals surface area contributed by atoms with E-state index in [1.54, 1.807) is 11.3 Å². The Morgan fingerprint density at radius 2 is 1.57 bits per heavy atom. The molecule has 1 saturated heterocycles. The van der Waals surface area contributed by atoms with Crippen LogP contribution < -0.4 is 5.32 Å². The summed E-state index contributed by atoms with van der Waals surface area (Å²) < 4.78 is 13.9. The van der Waals surface area contributed by atoms with E-state index in [4.69, 9.17) is 0 Å². The Labute approximate surface area is 222 Å². The summed E-state index contributed by atoms with van der Waals surface area (Å²) in [5.74, 6) is -0.357. The number of benzene rings is 3. The summed E-state index contributed by atoms with van der Waals surface area (Å²) in [5, 5.41) is 4.06. The van der Waals surface area contributed by atoms with Crippen LogP contribution in [0.1, 0.15) is 44.9 Å². The molecule has 4 aromatic rings. The van der Waals surface area contributed by atoms with Crippen LogP contribution in [0.2, 0.25) is 0 Å². The monoisotopic (exact) mass is 513 g/mol. The molecular weight excluding hydrogens is 481 g/mol. The van der Waals surface area contributed by atoms with E-state index in [0.717, 1.165) is 55.3 Å². The molecule has 1 fully saturated rings. The standard InChI is InChI=1S/C31H32FN3OS/c1-2-27-21-28(31(37-27)33-30(36)25-11-7-4-8-12-25)29(24-13-15-26(32)16-14-24)35-19-17-34(18-20-35)22-23-9-5-3-6-10-23/h3-16,21,29H,2,17-20,22H2,1H3,(H,33,36). The maximum atomic E-state index is 13.9. The molecular formula is C31H32FN3OS. The van der Waals surface area contributed by atoms with Crippen molar-refractivity contribution in [2.45, 2.75) is 25.9 Å². The second-order valence-electron chi connectivity index (χ2n) is 9.42. The van der Waals surface area contributed by atoms with E-state index in [2.05, 4.69) is 52.4 Å². The van der Waals surface area contributed by atoms with Crippen molar-refractivity contribution in [1.82, 2.24) is 9.80 Å². The number of carbonyl (C=O) groups is 1. The Morgan fingerprint density at radius 1 is 0.919 bits per heavy atom. The molecule has 0 bridgehead atoms. The topological polar surface area (TPSA) is 35.6 Å². The Morgan fingerprint density at radius 3 is 2.22 bits per heavy atom. The molecule has 1 aromatic heterocycles. The molecule has 2 heterocycles. The predicted molar refractivity (Wildman–Crippen MR) is 150 cm³/mol. The molecule has 1 unspecified atom stereocenters. The fourth-order valence-corrected chi connectivity index (χ4v) is 5.98. The molecule has 37 heavy (non-hydrogen) atoms. The molecule has 1 atom stereocenters. The van der Waals surface area contributed by atoms with Gasteiger partial charge in [-0.1, -0.05) is 67.6 Å². The van der Waals surface area contributed by atoms with Crippen LogP contribution >= 0.6 is 11.3 Å². The number of thiophene rings is 1. The normalized spacial score (nSPS) is 15.4. The molecule has 1 aliphatic heterocycles. The van der Waals surface area contributed by atoms with Gasteiger partial charge in [-0.2, -0.15) is 0 Å². The number of hydrogen-bond donors (Lipinski definition) is 1. The summed E-state index contributed by atoms with van der Waals surface area (Å²) in [4.78, 5) is 19.3. The van der Waals surface area contributed by atoms with Gasteiger partial charge in [-0.05, 0) is 47.9 Å². The number of nitrogens with zero attached hydrogens (tertiary/aromatic N) is 2. The lowest BCUT2D eigenvalue weighted by atomic mass is 9.97. The summed E-state index contributed by atoms with van der Waals surface area (Å²) in [6.45, 7) is 6.74. The van der Waals surface area contributed by atoms with Gasteiger partial charge >= 0.3 is 0 Å². The third-order valence-corrected chi connectivity index (χ3v) is 8.14. The number of amides is 1. The first-order valence-electron chi connectivity index (χ1n) is 12.9. The van der Waals surface area contributed by atoms with Crippen LogP contribution in [-0.4, -0.2) is 41.9 Å². The molecule has 1 amide bonds. The largest absolute Gasteiger partial charge is 0.313 e. The van der Waals surface area contributed by atoms with Gasteiger partial charge in [0.25, 0.3) is 5.91 Å². The summed E-state index contributed by atoms with van der Waals surface area (Å²) in [6, 6.07) is 28.8. The number of carbonyl (C=O) groups excluding carboxylic acids is 1. The highest BCUT2D eigenvalue weighted by Crippen LogP contribution is 2.40. The summed E-state index contributed by atoms with van der Waals surface area (Å²) in [7, 11) is 0. The van der Waals surface area contributed by atoms with Crippen LogP contribution in [0, 0.1) is 5.82 Å². The first kappa shape index (κ1) is 25.3. The SMILES string of the molecule is CCc1cc(C(c2ccc(F)cc2)N2CCN(Cc3ccccc3)CC2)c(NC(=O)c2ccccc2)s1. The number of nitrogens with one attached hydrogen (secondary N) is 1. The van der Waals surface area contributed by atoms with E-state index >= 15 is 0 Å². The van der Waals surface area contributed by atoms with Gasteiger partial charge in [0, 0.05) is 48.7 Å². The minimum absolute atomic E-state index is 0.0675. The third kappa shape index (κ3) is 6.16. The van der Waals surface area contributed by atoms with Crippen molar-refractivity contribution in [3.63, 3.8) is 0 Å². The van der Waals surface area contributed by atoms with Crippen LogP contribution in [0.4, 0.5) is 9.39 Å². The van der Waals surface area contributed by atoms with Crippen LogP contribution in [0.3, 0.4) is 0 Å². The fourth-order valence-electron chi connectivity index (χ4n) is 4.95. The van der Waals surface area contributed by atoms with Crippen LogP contribution in [0.5, 0.6) is 0 Å². The van der Waals surface area contributed by atoms with Crippen molar-refractivity contribution in [2.24, 2.45) is 0 Å². The molecule has 4 nitrogen and oxygen atoms in total. The molecule has 0 spiro atoms. The van der Waals surface area contributed by atoms with Gasteiger partial charge in [-0.25, -0.2) is 4.39 Å². The number of hydrogen-bond acceptors (Lipinski definition) is 4. The second kappa shape index (κ2) is 11.8. The van der Waals surface area contributed by atoms with Crippen molar-refractivity contribution in [3.05, 3.63) is 124 Å². The number of aryl methyl sites for hydroxylation is 1. The van der Waals surface area contributed by atoms with Crippen molar-refractivity contribution < 1.29 is 9.18 Å². The van der Waals surface area contributed by atoms with E-state index in [0.29, 0.717) is 5.56 Å². The van der Waals surface area contributed by atoms with E-state index in [1.165, 1.54) is 22.6 Å². The van der Waals surface area contributed by atoms with Gasteiger partial charge < -0.3 is 5.32 Å². The first-order chi connectivity index (χ1) is 18.1. The lowest BCUT2D eigenvalue weighted by Crippen LogP contribution is -2.47. The summed E-state index contributed by atoms with van der Waals surface area (Å²) >= 11 is 1.63. The zero-order chi connectivity index (χ0) is 25.6. The predicted octanol–water partition coefficient (Wildman–Crippen LogP) is 6.61. The third-order valence-electron chi connectivity index (χ3n) is 6.92. The second-order valence-corrected chi connectivity index (χ2v) is 10.6. The molecule has 0 radical (unpaired) electrons. The maximum Gasteiger partial charge on any atom is 0.256 e. The van der Waals surface area contributed by atoms with Crippen molar-refractivity contribution in [3.8, 4) is 0 Å². The molecule has 1 aliphatic rings. The molecule has 6 heteroatoms. The highest BCUT2D eigenvalue weighted by Gasteiger charge is 2.30. The zero-order valence-corrected chi connectivity index (χ0v) is 21.9. The molecule has 0 aliphatic carbocycles. The van der Waals surface area contributed by atoms with Crippen LogP contribution in [0.25, 0.3) is 0 Å². The maximum absolute atomic E-state index is 13.9. The van der Waals surface area contributed by atoms with Crippen LogP contribution in [-0.2, 0) is 13.0 Å². The average molecular weight is 514 g/mol. The molecule has 3 aromatic carbocycles. The summed E-state index contributed by atoms with van der Waals surface area (Å²) in [5.41, 5.74) is 4.07. The minimum Gasteiger partial charge on any atom is -0.313 e. The highest BCUT2D eigenvalue weighted by atomic mass is 32.1. The van der Waals surface area contributed by atoms with E-state index in [-0.39, 0.29) is 17.8 Å². The van der Waals surface area contributed by atoms with Gasteiger partial charge in [-0.15, -0.1) is 11.3 Å². The average Bonchev–Trinajstić information content (AvgIpc) is 3.34. The van der Waals surface area contributed by atoms with Gasteiger partial charge in [0.1, 0.15) is 10.8 Å². The fraction of sp³-hybridized carbons (Fsp3) is 0.258. The van der Waals surface area contributed by atoms with E-state index in [9.17, 15) is 9.18 Å².